The quantitative estimate of drug-likeness (QED) is 0.00922. The number of aliphatic hydroxyl groups is 1. The van der Waals surface area contributed by atoms with E-state index in [1.165, 1.54) is 37.6 Å². The largest absolute Gasteiger partial charge is 1.00 e. The molecule has 109 heavy (non-hydrogen) atoms. The number of nitrogens with one attached hydrogen (secondary N) is 3. The molecule has 2 aliphatic heterocycles. The van der Waals surface area contributed by atoms with E-state index >= 15 is 0 Å². The number of hydrogen-bond donors (Lipinski definition) is 6. The van der Waals surface area contributed by atoms with Gasteiger partial charge in [-0.3, -0.25) is 15.9 Å². The van der Waals surface area contributed by atoms with Gasteiger partial charge in [-0.15, -0.1) is 5.92 Å². The van der Waals surface area contributed by atoms with Gasteiger partial charge in [0.2, 0.25) is 5.88 Å². The summed E-state index contributed by atoms with van der Waals surface area (Å²) < 4.78 is 76.0. The number of hydrogen-bond acceptors (Lipinski definition) is 18. The second-order valence-corrected chi connectivity index (χ2v) is 31.2. The molecule has 0 spiro atoms. The molecule has 9 rings (SSSR count). The number of nitrogens with zero attached hydrogens (tertiary/aromatic N) is 1. The number of aliphatic hydroxyl groups excluding tert-OH is 1. The number of alkyl carbamates (subject to hydrolysis) is 3. The number of esters is 2. The molecule has 3 amide bonds. The molecule has 0 unspecified atom stereocenters. The van der Waals surface area contributed by atoms with Gasteiger partial charge in [0.05, 0.1) is 37.3 Å². The van der Waals surface area contributed by atoms with Crippen LogP contribution in [0.5, 0.6) is 5.88 Å². The van der Waals surface area contributed by atoms with Crippen molar-refractivity contribution in [2.24, 2.45) is 11.8 Å². The second kappa shape index (κ2) is 49.9. The normalized spacial score (nSPS) is 15.4. The molecule has 582 valence electrons. The first-order chi connectivity index (χ1) is 49.5. The summed E-state index contributed by atoms with van der Waals surface area (Å²) in [4.78, 5) is 76.0. The van der Waals surface area contributed by atoms with Crippen LogP contribution in [-0.2, 0) is 74.6 Å². The van der Waals surface area contributed by atoms with Crippen molar-refractivity contribution in [2.75, 3.05) is 7.11 Å². The molecule has 1 aromatic heterocycles. The molecule has 2 aliphatic rings. The number of amides is 3. The van der Waals surface area contributed by atoms with Crippen molar-refractivity contribution in [3.8, 4) is 5.88 Å². The third kappa shape index (κ3) is 39.2. The summed E-state index contributed by atoms with van der Waals surface area (Å²) in [6.45, 7) is 16.0. The van der Waals surface area contributed by atoms with Gasteiger partial charge < -0.3 is 75.3 Å². The van der Waals surface area contributed by atoms with Crippen molar-refractivity contribution in [1.82, 2.24) is 20.9 Å². The summed E-state index contributed by atoms with van der Waals surface area (Å²) in [6, 6.07) is 44.1. The third-order valence-electron chi connectivity index (χ3n) is 15.5. The van der Waals surface area contributed by atoms with Crippen LogP contribution in [0, 0.1) is 29.3 Å². The summed E-state index contributed by atoms with van der Waals surface area (Å²) >= 11 is 12.3. The Bertz CT molecular complexity index is 3890. The van der Waals surface area contributed by atoms with Crippen LogP contribution < -0.4 is 63.9 Å². The topological polar surface area (TPSA) is 327 Å². The van der Waals surface area contributed by atoms with Gasteiger partial charge in [-0.1, -0.05) is 167 Å². The van der Waals surface area contributed by atoms with Gasteiger partial charge in [0, 0.05) is 42.3 Å². The van der Waals surface area contributed by atoms with Crippen molar-refractivity contribution in [1.29, 1.82) is 0 Å². The maximum Gasteiger partial charge on any atom is 1.00 e. The Morgan fingerprint density at radius 1 is 0.596 bits per heavy atom. The molecule has 21 nitrogen and oxygen atoms in total. The maximum absolute atomic E-state index is 14.0. The summed E-state index contributed by atoms with van der Waals surface area (Å²) in [7, 11) is 0.0330. The van der Waals surface area contributed by atoms with Crippen molar-refractivity contribution < 1.29 is 134 Å². The Hall–Kier alpha value is -6.29. The van der Waals surface area contributed by atoms with E-state index in [2.05, 4.69) is 91.3 Å². The predicted molar refractivity (Wildman–Crippen MR) is 419 cm³/mol. The van der Waals surface area contributed by atoms with Gasteiger partial charge in [-0.05, 0) is 201 Å². The predicted octanol–water partition coefficient (Wildman–Crippen LogP) is 8.72. The molecule has 8 N–H and O–H groups in total. The number of benzene rings is 6. The Labute approximate surface area is 699 Å². The Morgan fingerprint density at radius 2 is 1.01 bits per heavy atom. The third-order valence-corrected chi connectivity index (χ3v) is 17.9. The molecule has 2 fully saturated rings. The number of carbonyl (C=O) groups excluding carboxylic acids is 6. The number of rotatable bonds is 22. The molecule has 8 atom stereocenters. The molecule has 0 bridgehead atoms. The smallest absolute Gasteiger partial charge is 0.870 e. The average Bonchev–Trinajstić information content (AvgIpc) is 1.70. The minimum Gasteiger partial charge on any atom is -0.870 e. The minimum atomic E-state index is -1.46. The van der Waals surface area contributed by atoms with Crippen LogP contribution in [0.3, 0.4) is 0 Å². The zero-order valence-corrected chi connectivity index (χ0v) is 70.0. The zero-order chi connectivity index (χ0) is 77.6. The van der Waals surface area contributed by atoms with Gasteiger partial charge in [-0.2, -0.15) is 0 Å². The van der Waals surface area contributed by atoms with Crippen LogP contribution in [0.15, 0.2) is 177 Å². The van der Waals surface area contributed by atoms with Gasteiger partial charge in [0.1, 0.15) is 46.5 Å². The van der Waals surface area contributed by atoms with Gasteiger partial charge in [-0.25, -0.2) is 32.5 Å². The Kier molecular flexibility index (Phi) is 46.2. The number of aromatic nitrogens is 1. The first kappa shape index (κ1) is 101. The fourth-order valence-corrected chi connectivity index (χ4v) is 11.9. The monoisotopic (exact) mass is 1800 g/mol. The Balaban J connectivity index is 0.000000716. The van der Waals surface area contributed by atoms with E-state index in [0.717, 1.165) is 40.1 Å². The first-order valence-electron chi connectivity index (χ1n) is 33.8. The summed E-state index contributed by atoms with van der Waals surface area (Å²) in [5.74, 6) is -2.18. The molecule has 0 aliphatic carbocycles. The molecule has 3 heterocycles. The fourth-order valence-electron chi connectivity index (χ4n) is 10.5. The second-order valence-electron chi connectivity index (χ2n) is 27.7. The molecule has 7 aromatic rings. The van der Waals surface area contributed by atoms with Crippen LogP contribution in [0.2, 0.25) is 0 Å². The SMILES string of the molecule is CC(C)(C)OC(=O)N[C@@H](Cc1ccc(Br)cc1)[C@@H](O)C[C@H]([C-]=O)Cc1ccccc1F.CC(C)(C)OC(=O)N[C@@H](Cc1ccc(Br)cc1)[C@@H]1CCC(=O)O1.CC(C)(C)OC(=O)N[C@@H](Cc1ccc(Br)cc1)[C@@H]1C[C@@H](Cc2ccccc2F)C(=O)O1.COc1ccc(B(O)O)cn1.Fc1ccccc1CI.[Li+].[Li+].[OH-].[OH-]. The van der Waals surface area contributed by atoms with E-state index in [0.29, 0.717) is 61.0 Å². The van der Waals surface area contributed by atoms with E-state index in [9.17, 15) is 47.0 Å². The van der Waals surface area contributed by atoms with Crippen molar-refractivity contribution in [2.45, 2.75) is 178 Å². The number of cyclic esters (lactones) is 2. The summed E-state index contributed by atoms with van der Waals surface area (Å²) in [5.41, 5.74) is 3.01. The van der Waals surface area contributed by atoms with Crippen LogP contribution in [0.25, 0.3) is 0 Å². The van der Waals surface area contributed by atoms with E-state index in [4.69, 9.17) is 38.5 Å². The van der Waals surface area contributed by atoms with Crippen molar-refractivity contribution >= 4 is 119 Å². The van der Waals surface area contributed by atoms with Crippen molar-refractivity contribution in [3.05, 3.63) is 228 Å². The van der Waals surface area contributed by atoms with E-state index in [1.54, 1.807) is 96.1 Å². The summed E-state index contributed by atoms with van der Waals surface area (Å²) in [5, 5.41) is 36.6. The minimum absolute atomic E-state index is 0. The number of methoxy groups -OCH3 is 1. The average molecular weight is 1810 g/mol. The number of pyridine rings is 1. The molecule has 31 heteroatoms. The standard InChI is InChI=1S/C24H27BrFNO4.C24H28BrFNO4.C17H22BrNO4.C7H6FI.C6H8BNO3.2Li.2H2O/c1-24(2,3)31-23(29)27-20(12-15-8-10-18(25)11-9-15)21-14-17(22(28)30-21)13-16-6-4-5-7-19(16)26;1-24(2,3)31-23(30)27-21(13-16-8-10-19(25)11-9-16)22(29)14-17(15-28)12-18-6-4-5-7-20(18)26;1-17(2,3)23-16(21)19-13(14-8-9-15(20)22-14)10-11-4-6-12(18)7-5-11;8-7-4-2-1-3-6(7)5-9;1-11-6-3-2-5(4-8-6)7(9)10;;;;/h4-11,17,20-21H,12-14H2,1-3H3,(H,27,29);4-11,17,21-22,29H,12-14H2,1-3H3,(H,27,30);4-7,13-14H,8-10H2,1-3H3,(H,19,21);1-4H,5H2;2-4,9-10H,1H3;;;2*1H2/q;-1;;;;2*+1;;/p-2/t17-,20+,21+;17-,21+,22+;13-,14-;;;;;;/m110....../s1. The van der Waals surface area contributed by atoms with Crippen LogP contribution in [0.1, 0.15) is 121 Å². The maximum atomic E-state index is 14.0. The van der Waals surface area contributed by atoms with E-state index < -0.39 is 84.1 Å². The Morgan fingerprint density at radius 3 is 1.38 bits per heavy atom. The number of ether oxygens (including phenoxy) is 6. The first-order valence-corrected chi connectivity index (χ1v) is 37.7. The van der Waals surface area contributed by atoms with Crippen LogP contribution in [0.4, 0.5) is 27.6 Å². The van der Waals surface area contributed by atoms with Crippen LogP contribution >= 0.6 is 70.4 Å². The molecule has 2 saturated heterocycles. The fraction of sp³-hybridized carbons (Fsp3) is 0.397. The van der Waals surface area contributed by atoms with E-state index in [1.807, 2.05) is 106 Å². The molecule has 0 radical (unpaired) electrons. The van der Waals surface area contributed by atoms with Gasteiger partial charge >= 0.3 is 75.1 Å². The van der Waals surface area contributed by atoms with Crippen molar-refractivity contribution in [3.63, 3.8) is 0 Å². The molecular weight excluding hydrogens is 1710 g/mol. The van der Waals surface area contributed by atoms with E-state index in [-0.39, 0.29) is 104 Å². The number of halogens is 7. The number of carbonyl (C=O) groups is 5. The zero-order valence-electron chi connectivity index (χ0n) is 63.1. The molecule has 0 saturated carbocycles. The molecule has 6 aromatic carbocycles. The molecular formula is C78H93BBr3F3ILi2N4O17-. The number of alkyl halides is 1. The van der Waals surface area contributed by atoms with Gasteiger partial charge in [0.25, 0.3) is 0 Å². The summed E-state index contributed by atoms with van der Waals surface area (Å²) in [6.07, 6.45) is 2.78. The van der Waals surface area contributed by atoms with Gasteiger partial charge in [0.15, 0.2) is 0 Å². The van der Waals surface area contributed by atoms with Crippen LogP contribution in [-0.4, -0.2) is 135 Å².